The molecule has 0 saturated heterocycles. The van der Waals surface area contributed by atoms with E-state index in [1.54, 1.807) is 0 Å². The minimum absolute atomic E-state index is 0.749. The predicted octanol–water partition coefficient (Wildman–Crippen LogP) is 7.41. The van der Waals surface area contributed by atoms with E-state index < -0.39 is 0 Å². The van der Waals surface area contributed by atoms with E-state index in [1.807, 2.05) is 18.2 Å². The van der Waals surface area contributed by atoms with Crippen LogP contribution in [0.15, 0.2) is 95.6 Å². The smallest absolute Gasteiger partial charge is 0.162 e. The van der Waals surface area contributed by atoms with Crippen LogP contribution in [-0.2, 0) is 6.42 Å². The molecular weight excluding hydrogens is 470 g/mol. The molecule has 0 fully saturated rings. The second kappa shape index (κ2) is 7.26. The second-order valence-electron chi connectivity index (χ2n) is 7.63. The van der Waals surface area contributed by atoms with Gasteiger partial charge in [-0.15, -0.1) is 0 Å². The van der Waals surface area contributed by atoms with Gasteiger partial charge >= 0.3 is 0 Å². The average molecular weight is 487 g/mol. The third-order valence-electron chi connectivity index (χ3n) is 5.73. The highest BCUT2D eigenvalue weighted by atomic mass is 79.9. The molecule has 0 radical (unpaired) electrons. The van der Waals surface area contributed by atoms with Crippen LogP contribution in [0.1, 0.15) is 11.3 Å². The average Bonchev–Trinajstić information content (AvgIpc) is 3.41. The van der Waals surface area contributed by atoms with Crippen molar-refractivity contribution in [2.75, 3.05) is 0 Å². The van der Waals surface area contributed by atoms with E-state index in [9.17, 15) is 0 Å². The molecule has 0 aliphatic heterocycles. The standard InChI is InChI=1S/C26H17BrClN3/c27-19-11-9-18(10-12-19)25-24(16-17-7-13-20(28)14-8-17)30-15-3-6-23(30)26-29-21-4-1-2-5-22(21)31(25)26/h1-15H,16H2. The molecule has 6 rings (SSSR count). The SMILES string of the molecule is Clc1ccc(Cc2c(-c3ccc(Br)cc3)n3c4ccccc4nc3c3cccn23)cc1. The summed E-state index contributed by atoms with van der Waals surface area (Å²) < 4.78 is 5.64. The Hall–Kier alpha value is -3.08. The van der Waals surface area contributed by atoms with E-state index in [0.29, 0.717) is 0 Å². The molecule has 3 aromatic heterocycles. The van der Waals surface area contributed by atoms with Crippen LogP contribution < -0.4 is 0 Å². The number of halogens is 2. The van der Waals surface area contributed by atoms with Crippen LogP contribution in [0.2, 0.25) is 5.02 Å². The van der Waals surface area contributed by atoms with Gasteiger partial charge in [-0.05, 0) is 54.1 Å². The molecule has 3 aromatic carbocycles. The van der Waals surface area contributed by atoms with Crippen molar-refractivity contribution < 1.29 is 0 Å². The zero-order valence-corrected chi connectivity index (χ0v) is 18.8. The maximum absolute atomic E-state index is 6.14. The zero-order valence-electron chi connectivity index (χ0n) is 16.5. The Morgan fingerprint density at radius 2 is 1.55 bits per heavy atom. The van der Waals surface area contributed by atoms with Gasteiger partial charge in [-0.3, -0.25) is 4.40 Å². The zero-order chi connectivity index (χ0) is 20.9. The fraction of sp³-hybridized carbons (Fsp3) is 0.0385. The topological polar surface area (TPSA) is 21.7 Å². The number of hydrogen-bond acceptors (Lipinski definition) is 1. The molecule has 6 aromatic rings. The number of rotatable bonds is 3. The largest absolute Gasteiger partial charge is 0.315 e. The Kier molecular flexibility index (Phi) is 4.37. The molecule has 5 heteroatoms. The lowest BCUT2D eigenvalue weighted by Crippen LogP contribution is -2.07. The number of aromatic nitrogens is 3. The van der Waals surface area contributed by atoms with Gasteiger partial charge in [-0.1, -0.05) is 63.9 Å². The van der Waals surface area contributed by atoms with Gasteiger partial charge in [0.25, 0.3) is 0 Å². The summed E-state index contributed by atoms with van der Waals surface area (Å²) >= 11 is 9.72. The quantitative estimate of drug-likeness (QED) is 0.255. The van der Waals surface area contributed by atoms with E-state index in [-0.39, 0.29) is 0 Å². The number of benzene rings is 3. The van der Waals surface area contributed by atoms with Crippen LogP contribution in [0.4, 0.5) is 0 Å². The molecule has 3 heterocycles. The minimum Gasteiger partial charge on any atom is -0.315 e. The number of hydrogen-bond donors (Lipinski definition) is 0. The van der Waals surface area contributed by atoms with Gasteiger partial charge in [0.1, 0.15) is 0 Å². The first-order valence-corrected chi connectivity index (χ1v) is 11.3. The van der Waals surface area contributed by atoms with Crippen LogP contribution >= 0.6 is 27.5 Å². The molecule has 0 spiro atoms. The monoisotopic (exact) mass is 485 g/mol. The molecule has 3 nitrogen and oxygen atoms in total. The van der Waals surface area contributed by atoms with E-state index in [0.717, 1.165) is 49.4 Å². The molecule has 0 bridgehead atoms. The summed E-state index contributed by atoms with van der Waals surface area (Å²) in [5.41, 5.74) is 8.88. The summed E-state index contributed by atoms with van der Waals surface area (Å²) in [6.07, 6.45) is 2.90. The van der Waals surface area contributed by atoms with Gasteiger partial charge in [0.05, 0.1) is 27.9 Å². The Balaban J connectivity index is 1.76. The molecule has 0 amide bonds. The third-order valence-corrected chi connectivity index (χ3v) is 6.51. The lowest BCUT2D eigenvalue weighted by Gasteiger charge is -2.17. The molecule has 31 heavy (non-hydrogen) atoms. The maximum Gasteiger partial charge on any atom is 0.162 e. The van der Waals surface area contributed by atoms with Crippen LogP contribution in [0.5, 0.6) is 0 Å². The normalized spacial score (nSPS) is 11.7. The Bertz CT molecular complexity index is 1560. The summed E-state index contributed by atoms with van der Waals surface area (Å²) in [6.45, 7) is 0. The van der Waals surface area contributed by atoms with Crippen molar-refractivity contribution in [3.63, 3.8) is 0 Å². The van der Waals surface area contributed by atoms with Crippen molar-refractivity contribution in [2.24, 2.45) is 0 Å². The van der Waals surface area contributed by atoms with Crippen LogP contribution in [0.25, 0.3) is 33.5 Å². The van der Waals surface area contributed by atoms with Gasteiger partial charge in [0.2, 0.25) is 0 Å². The van der Waals surface area contributed by atoms with Crippen molar-refractivity contribution in [2.45, 2.75) is 6.42 Å². The molecule has 0 atom stereocenters. The van der Waals surface area contributed by atoms with Gasteiger partial charge < -0.3 is 4.40 Å². The minimum atomic E-state index is 0.749. The van der Waals surface area contributed by atoms with Crippen LogP contribution in [-0.4, -0.2) is 13.8 Å². The molecule has 150 valence electrons. The number of nitrogens with zero attached hydrogens (tertiary/aromatic N) is 3. The molecule has 0 aliphatic rings. The van der Waals surface area contributed by atoms with Crippen LogP contribution in [0, 0.1) is 0 Å². The maximum atomic E-state index is 6.14. The number of para-hydroxylation sites is 2. The molecule has 0 saturated carbocycles. The Morgan fingerprint density at radius 1 is 0.806 bits per heavy atom. The van der Waals surface area contributed by atoms with Gasteiger partial charge in [0, 0.05) is 27.7 Å². The van der Waals surface area contributed by atoms with Crippen molar-refractivity contribution in [3.8, 4) is 11.3 Å². The van der Waals surface area contributed by atoms with E-state index in [2.05, 4.69) is 97.7 Å². The summed E-state index contributed by atoms with van der Waals surface area (Å²) in [5, 5.41) is 0.749. The Labute approximate surface area is 192 Å². The Morgan fingerprint density at radius 3 is 2.35 bits per heavy atom. The van der Waals surface area contributed by atoms with Crippen molar-refractivity contribution in [1.82, 2.24) is 13.8 Å². The van der Waals surface area contributed by atoms with E-state index >= 15 is 0 Å². The first-order valence-electron chi connectivity index (χ1n) is 10.1. The van der Waals surface area contributed by atoms with Gasteiger partial charge in [-0.25, -0.2) is 4.98 Å². The first-order chi connectivity index (χ1) is 15.2. The second-order valence-corrected chi connectivity index (χ2v) is 8.98. The van der Waals surface area contributed by atoms with Gasteiger partial charge in [-0.2, -0.15) is 0 Å². The number of imidazole rings is 1. The molecule has 0 aliphatic carbocycles. The summed E-state index contributed by atoms with van der Waals surface area (Å²) in [5.74, 6) is 0. The lowest BCUT2D eigenvalue weighted by atomic mass is 10.0. The summed E-state index contributed by atoms with van der Waals surface area (Å²) in [4.78, 5) is 4.99. The molecule has 0 N–H and O–H groups in total. The molecule has 0 unspecified atom stereocenters. The number of fused-ring (bicyclic) bond motifs is 5. The van der Waals surface area contributed by atoms with Gasteiger partial charge in [0.15, 0.2) is 5.65 Å². The fourth-order valence-corrected chi connectivity index (χ4v) is 4.72. The van der Waals surface area contributed by atoms with Crippen LogP contribution in [0.3, 0.4) is 0 Å². The highest BCUT2D eigenvalue weighted by Crippen LogP contribution is 2.34. The third kappa shape index (κ3) is 3.06. The molecular formula is C26H17BrClN3. The van der Waals surface area contributed by atoms with Crippen molar-refractivity contribution in [1.29, 1.82) is 0 Å². The highest BCUT2D eigenvalue weighted by Gasteiger charge is 2.19. The summed E-state index contributed by atoms with van der Waals surface area (Å²) in [7, 11) is 0. The predicted molar refractivity (Wildman–Crippen MR) is 131 cm³/mol. The lowest BCUT2D eigenvalue weighted by molar-refractivity contribution is 0.981. The highest BCUT2D eigenvalue weighted by molar-refractivity contribution is 9.10. The van der Waals surface area contributed by atoms with Crippen molar-refractivity contribution >= 4 is 49.7 Å². The van der Waals surface area contributed by atoms with E-state index in [1.165, 1.54) is 11.3 Å². The van der Waals surface area contributed by atoms with E-state index in [4.69, 9.17) is 16.6 Å². The first kappa shape index (κ1) is 18.7. The fourth-order valence-electron chi connectivity index (χ4n) is 4.33. The van der Waals surface area contributed by atoms with Crippen molar-refractivity contribution in [3.05, 3.63) is 112 Å². The summed E-state index contributed by atoms with van der Waals surface area (Å²) in [6, 6.07) is 29.2.